The molecule has 0 unspecified atom stereocenters. The summed E-state index contributed by atoms with van der Waals surface area (Å²) in [6, 6.07) is 14.1. The summed E-state index contributed by atoms with van der Waals surface area (Å²) < 4.78 is 3.76. The number of hydrogen-bond acceptors (Lipinski definition) is 3. The molecule has 0 aliphatic heterocycles. The topological polar surface area (TPSA) is 58.4 Å². The zero-order valence-corrected chi connectivity index (χ0v) is 13.4. The highest BCUT2D eigenvalue weighted by Gasteiger charge is 2.16. The average Bonchev–Trinajstić information content (AvgIpc) is 2.90. The van der Waals surface area contributed by atoms with Crippen LogP contribution in [0, 0.1) is 5.41 Å². The molecule has 3 aromatic rings. The summed E-state index contributed by atoms with van der Waals surface area (Å²) in [7, 11) is 1.92. The van der Waals surface area contributed by atoms with E-state index in [1.54, 1.807) is 6.20 Å². The molecular weight excluding hydrogens is 286 g/mol. The van der Waals surface area contributed by atoms with Gasteiger partial charge in [-0.3, -0.25) is 4.98 Å². The Hall–Kier alpha value is -2.82. The van der Waals surface area contributed by atoms with Crippen LogP contribution in [0.4, 0.5) is 0 Å². The fraction of sp³-hybridized carbons (Fsp3) is 0.222. The highest BCUT2D eigenvalue weighted by atomic mass is 15.5. The normalized spacial score (nSPS) is 10.7. The molecule has 5 nitrogen and oxygen atoms in total. The average molecular weight is 306 g/mol. The first kappa shape index (κ1) is 15.1. The highest BCUT2D eigenvalue weighted by molar-refractivity contribution is 5.81. The second-order valence-electron chi connectivity index (χ2n) is 5.67. The van der Waals surface area contributed by atoms with Gasteiger partial charge >= 0.3 is 0 Å². The van der Waals surface area contributed by atoms with Crippen molar-refractivity contribution in [2.75, 3.05) is 0 Å². The number of pyridine rings is 1. The van der Waals surface area contributed by atoms with E-state index in [-0.39, 0.29) is 0 Å². The predicted molar refractivity (Wildman–Crippen MR) is 89.3 cm³/mol. The van der Waals surface area contributed by atoms with Crippen LogP contribution >= 0.6 is 0 Å². The van der Waals surface area contributed by atoms with E-state index >= 15 is 0 Å². The minimum atomic E-state index is 0.664. The van der Waals surface area contributed by atoms with Gasteiger partial charge in [-0.1, -0.05) is 30.3 Å². The summed E-state index contributed by atoms with van der Waals surface area (Å²) in [5, 5.41) is 12.3. The van der Waals surface area contributed by atoms with Crippen molar-refractivity contribution in [2.45, 2.75) is 19.9 Å². The van der Waals surface area contributed by atoms with Crippen LogP contribution in [0.25, 0.3) is 11.4 Å². The molecule has 1 N–H and O–H groups in total. The molecule has 0 saturated heterocycles. The van der Waals surface area contributed by atoms with Gasteiger partial charge in [0.05, 0.1) is 5.21 Å². The third-order valence-electron chi connectivity index (χ3n) is 3.70. The molecule has 0 saturated carbocycles. The third-order valence-corrected chi connectivity index (χ3v) is 3.70. The Morgan fingerprint density at radius 2 is 1.87 bits per heavy atom. The highest BCUT2D eigenvalue weighted by Crippen LogP contribution is 2.13. The summed E-state index contributed by atoms with van der Waals surface area (Å²) in [5.41, 5.74) is 4.92. The van der Waals surface area contributed by atoms with Crippen molar-refractivity contribution in [3.63, 3.8) is 0 Å². The molecule has 0 fully saturated rings. The maximum Gasteiger partial charge on any atom is 0.215 e. The largest absolute Gasteiger partial charge is 0.310 e. The van der Waals surface area contributed by atoms with Gasteiger partial charge in [-0.05, 0) is 30.2 Å². The van der Waals surface area contributed by atoms with Crippen molar-refractivity contribution in [1.82, 2.24) is 14.9 Å². The molecule has 0 aliphatic carbocycles. The molecule has 2 heterocycles. The number of nitrogens with zero attached hydrogens (tertiary/aromatic N) is 4. The summed E-state index contributed by atoms with van der Waals surface area (Å²) >= 11 is 0. The van der Waals surface area contributed by atoms with Crippen LogP contribution in [0.2, 0.25) is 0 Å². The van der Waals surface area contributed by atoms with Crippen LogP contribution in [0.3, 0.4) is 0 Å². The maximum absolute atomic E-state index is 7.72. The Kier molecular flexibility index (Phi) is 4.28. The molecule has 0 radical (unpaired) electrons. The lowest BCUT2D eigenvalue weighted by molar-refractivity contribution is -0.747. The zero-order valence-electron chi connectivity index (χ0n) is 13.4. The smallest absolute Gasteiger partial charge is 0.215 e. The first-order valence-corrected chi connectivity index (χ1v) is 7.59. The first-order chi connectivity index (χ1) is 11.1. The van der Waals surface area contributed by atoms with Crippen LogP contribution in [0.5, 0.6) is 0 Å². The Morgan fingerprint density at radius 1 is 1.13 bits per heavy atom. The number of nitrogens with one attached hydrogen (secondary N) is 1. The van der Waals surface area contributed by atoms with Gasteiger partial charge in [0.15, 0.2) is 6.20 Å². The lowest BCUT2D eigenvalue weighted by Gasteiger charge is -2.05. The second-order valence-corrected chi connectivity index (χ2v) is 5.67. The Bertz CT molecular complexity index is 820. The van der Waals surface area contributed by atoms with Crippen LogP contribution < -0.4 is 4.68 Å². The fourth-order valence-corrected chi connectivity index (χ4v) is 2.64. The van der Waals surface area contributed by atoms with Gasteiger partial charge in [0.2, 0.25) is 5.69 Å². The van der Waals surface area contributed by atoms with Gasteiger partial charge in [-0.15, -0.1) is 9.36 Å². The van der Waals surface area contributed by atoms with Crippen LogP contribution in [-0.4, -0.2) is 20.6 Å². The second kappa shape index (κ2) is 6.52. The van der Waals surface area contributed by atoms with E-state index in [2.05, 4.69) is 22.3 Å². The number of aryl methyl sites for hydroxylation is 1. The number of rotatable bonds is 5. The molecule has 5 heteroatoms. The van der Waals surface area contributed by atoms with Crippen molar-refractivity contribution < 1.29 is 4.68 Å². The van der Waals surface area contributed by atoms with Crippen molar-refractivity contribution in [3.05, 3.63) is 66.0 Å². The molecule has 0 spiro atoms. The third kappa shape index (κ3) is 3.51. The van der Waals surface area contributed by atoms with E-state index in [1.165, 1.54) is 11.1 Å². The van der Waals surface area contributed by atoms with E-state index in [9.17, 15) is 0 Å². The van der Waals surface area contributed by atoms with E-state index in [4.69, 9.17) is 5.41 Å². The van der Waals surface area contributed by atoms with Gasteiger partial charge in [-0.2, -0.15) is 0 Å². The van der Waals surface area contributed by atoms with E-state index < -0.39 is 0 Å². The first-order valence-electron chi connectivity index (χ1n) is 7.59. The molecular formula is C18H20N5+. The molecule has 2 aromatic heterocycles. The minimum absolute atomic E-state index is 0.664. The Labute approximate surface area is 135 Å². The summed E-state index contributed by atoms with van der Waals surface area (Å²) in [4.78, 5) is 4.38. The molecule has 0 bridgehead atoms. The van der Waals surface area contributed by atoms with Gasteiger partial charge in [0.25, 0.3) is 0 Å². The minimum Gasteiger partial charge on any atom is -0.310 e. The van der Waals surface area contributed by atoms with Crippen molar-refractivity contribution >= 4 is 5.71 Å². The summed E-state index contributed by atoms with van der Waals surface area (Å²) in [5.74, 6) is 0. The molecule has 3 rings (SSSR count). The van der Waals surface area contributed by atoms with E-state index in [0.29, 0.717) is 18.7 Å². The summed E-state index contributed by atoms with van der Waals surface area (Å²) in [6.07, 6.45) is 4.47. The quantitative estimate of drug-likeness (QED) is 0.581. The van der Waals surface area contributed by atoms with Crippen LogP contribution in [0.15, 0.2) is 54.9 Å². The molecule has 0 atom stereocenters. The van der Waals surface area contributed by atoms with Crippen LogP contribution in [0.1, 0.15) is 18.1 Å². The van der Waals surface area contributed by atoms with Gasteiger partial charge in [0, 0.05) is 18.3 Å². The van der Waals surface area contributed by atoms with Gasteiger partial charge in [-0.25, -0.2) is 0 Å². The molecule has 1 aromatic carbocycles. The van der Waals surface area contributed by atoms with E-state index in [0.717, 1.165) is 11.4 Å². The maximum atomic E-state index is 7.72. The SMILES string of the molecule is CC(=N)Cc1ccccc1C[n+]1cc(-c2ccccn2)n(C)n1. The van der Waals surface area contributed by atoms with Gasteiger partial charge in [0.1, 0.15) is 19.3 Å². The molecule has 116 valence electrons. The molecule has 0 amide bonds. The Morgan fingerprint density at radius 3 is 2.57 bits per heavy atom. The number of aromatic nitrogens is 4. The fourth-order valence-electron chi connectivity index (χ4n) is 2.64. The monoisotopic (exact) mass is 306 g/mol. The van der Waals surface area contributed by atoms with Crippen LogP contribution in [-0.2, 0) is 20.0 Å². The number of hydrogen-bond donors (Lipinski definition) is 1. The Balaban J connectivity index is 1.89. The standard InChI is InChI=1S/C18H20N5/c1-14(19)11-15-7-3-4-8-16(15)12-23-13-18(22(2)21-23)17-9-5-6-10-20-17/h3-10,13,19H,11-12H2,1-2H3/q+1. The predicted octanol–water partition coefficient (Wildman–Crippen LogP) is 2.40. The number of benzene rings is 1. The lowest BCUT2D eigenvalue weighted by atomic mass is 10.0. The summed E-state index contributed by atoms with van der Waals surface area (Å²) in [6.45, 7) is 2.52. The molecule has 23 heavy (non-hydrogen) atoms. The zero-order chi connectivity index (χ0) is 16.2. The van der Waals surface area contributed by atoms with Crippen molar-refractivity contribution in [1.29, 1.82) is 5.41 Å². The van der Waals surface area contributed by atoms with Crippen molar-refractivity contribution in [2.24, 2.45) is 7.05 Å². The lowest BCUT2D eigenvalue weighted by Crippen LogP contribution is -2.37. The van der Waals surface area contributed by atoms with Crippen molar-refractivity contribution in [3.8, 4) is 11.4 Å². The molecule has 0 aliphatic rings. The van der Waals surface area contributed by atoms with Gasteiger partial charge < -0.3 is 5.41 Å². The van der Waals surface area contributed by atoms with E-state index in [1.807, 2.05) is 59.9 Å².